The Morgan fingerprint density at radius 3 is 1.76 bits per heavy atom. The van der Waals surface area contributed by atoms with Gasteiger partial charge in [0, 0.05) is 22.2 Å². The molecular weight excluding hydrogens is 647 g/mol. The van der Waals surface area contributed by atoms with Gasteiger partial charge in [0.15, 0.2) is 0 Å². The van der Waals surface area contributed by atoms with Crippen molar-refractivity contribution in [1.82, 2.24) is 10.6 Å². The second-order valence-electron chi connectivity index (χ2n) is 22.5. The van der Waals surface area contributed by atoms with Crippen molar-refractivity contribution >= 4 is 8.60 Å². The molecule has 0 bridgehead atoms. The van der Waals surface area contributed by atoms with Crippen molar-refractivity contribution in [3.05, 3.63) is 11.6 Å². The van der Waals surface area contributed by atoms with Crippen LogP contribution in [0.5, 0.6) is 0 Å². The molecule has 51 heavy (non-hydrogen) atoms. The van der Waals surface area contributed by atoms with Gasteiger partial charge in [-0.3, -0.25) is 0 Å². The predicted molar refractivity (Wildman–Crippen MR) is 216 cm³/mol. The van der Waals surface area contributed by atoms with Crippen LogP contribution >= 0.6 is 8.60 Å². The van der Waals surface area contributed by atoms with E-state index in [1.54, 1.807) is 5.57 Å². The smallest absolute Gasteiger partial charge is 0.309 e. The molecule has 6 heteroatoms. The maximum Gasteiger partial charge on any atom is 0.333 e. The van der Waals surface area contributed by atoms with E-state index in [0.29, 0.717) is 10.8 Å². The second-order valence-corrected chi connectivity index (χ2v) is 23.6. The predicted octanol–water partition coefficient (Wildman–Crippen LogP) is 12.3. The summed E-state index contributed by atoms with van der Waals surface area (Å²) in [6.07, 6.45) is 21.8. The minimum atomic E-state index is -1.47. The highest BCUT2D eigenvalue weighted by atomic mass is 31.2. The van der Waals surface area contributed by atoms with Crippen LogP contribution in [0.15, 0.2) is 11.6 Å². The molecule has 2 heterocycles. The summed E-state index contributed by atoms with van der Waals surface area (Å²) in [5, 5.41) is 7.69. The van der Waals surface area contributed by atoms with Gasteiger partial charge in [-0.1, -0.05) is 65.5 Å². The van der Waals surface area contributed by atoms with Gasteiger partial charge in [0.05, 0.1) is 18.3 Å². The Morgan fingerprint density at radius 1 is 0.667 bits per heavy atom. The Labute approximate surface area is 316 Å². The fraction of sp³-hybridized carbons (Fsp3) is 0.956. The van der Waals surface area contributed by atoms with Crippen LogP contribution < -0.4 is 10.6 Å². The number of hydrogen-bond acceptors (Lipinski definition) is 5. The van der Waals surface area contributed by atoms with Gasteiger partial charge >= 0.3 is 8.60 Å². The molecule has 0 aromatic carbocycles. The van der Waals surface area contributed by atoms with Crippen LogP contribution in [0.25, 0.3) is 0 Å². The van der Waals surface area contributed by atoms with Crippen LogP contribution in [-0.4, -0.2) is 40.5 Å². The van der Waals surface area contributed by atoms with Gasteiger partial charge in [-0.25, -0.2) is 0 Å². The van der Waals surface area contributed by atoms with Crippen molar-refractivity contribution in [1.29, 1.82) is 0 Å². The summed E-state index contributed by atoms with van der Waals surface area (Å²) in [5.41, 5.74) is 2.63. The number of piperidine rings is 2. The lowest BCUT2D eigenvalue weighted by atomic mass is 9.47. The molecule has 0 amide bonds. The van der Waals surface area contributed by atoms with E-state index in [2.05, 4.69) is 107 Å². The van der Waals surface area contributed by atoms with E-state index in [0.717, 1.165) is 74.0 Å². The molecule has 6 aliphatic rings. The quantitative estimate of drug-likeness (QED) is 0.164. The minimum absolute atomic E-state index is 0.0173. The fourth-order valence-electron chi connectivity index (χ4n) is 13.8. The van der Waals surface area contributed by atoms with Crippen molar-refractivity contribution in [3.8, 4) is 0 Å². The van der Waals surface area contributed by atoms with Crippen LogP contribution in [0.4, 0.5) is 0 Å². The normalized spacial score (nSPS) is 39.7. The van der Waals surface area contributed by atoms with E-state index in [4.69, 9.17) is 13.6 Å². The zero-order valence-electron chi connectivity index (χ0n) is 35.6. The molecule has 0 aromatic heterocycles. The molecule has 0 aromatic rings. The third-order valence-electron chi connectivity index (χ3n) is 15.3. The summed E-state index contributed by atoms with van der Waals surface area (Å²) in [6.45, 7) is 31.3. The van der Waals surface area contributed by atoms with Gasteiger partial charge in [-0.05, 0) is 179 Å². The molecule has 3 saturated carbocycles. The van der Waals surface area contributed by atoms with E-state index < -0.39 is 8.60 Å². The van der Waals surface area contributed by atoms with E-state index in [1.165, 1.54) is 57.8 Å². The number of allylic oxidation sites excluding steroid dienone is 1. The van der Waals surface area contributed by atoms with Crippen LogP contribution in [0.1, 0.15) is 186 Å². The standard InChI is InChI=1S/C45H81N2O3P/c1-30(2)15-14-16-31(3)37-19-20-38-36-18-17-32-25-33(21-23-44(32,12)39(36)22-24-45(37,38)13)48-51(49-34-26-40(4,5)46-41(6,7)27-34)50-35-28-42(8,9)47-43(10,11)29-35/h17,30-31,33-39,46-47H,14-16,18-29H2,1-13H3/t31-,33+,36+,37-,38+,39+,44+,45-/m1/s1. The minimum Gasteiger partial charge on any atom is -0.309 e. The SMILES string of the molecule is CC(C)CCC[C@@H](C)[C@H]1CC[C@H]2[C@@H]3CC=C4C[C@@H](OP(OC5CC(C)(C)NC(C)(C)C5)OC5CC(C)(C)NC(C)(C)C5)CC[C@]4(C)[C@H]3CC[C@]12C. The highest BCUT2D eigenvalue weighted by Crippen LogP contribution is 2.68. The molecule has 294 valence electrons. The monoisotopic (exact) mass is 729 g/mol. The van der Waals surface area contributed by atoms with Crippen molar-refractivity contribution in [2.45, 2.75) is 227 Å². The lowest BCUT2D eigenvalue weighted by molar-refractivity contribution is -0.0589. The summed E-state index contributed by atoms with van der Waals surface area (Å²) in [5.74, 6) is 5.23. The molecular formula is C45H81N2O3P. The number of hydrogen-bond donors (Lipinski definition) is 2. The molecule has 0 spiro atoms. The zero-order valence-corrected chi connectivity index (χ0v) is 36.4. The summed E-state index contributed by atoms with van der Waals surface area (Å²) in [4.78, 5) is 0. The summed E-state index contributed by atoms with van der Waals surface area (Å²) >= 11 is 0. The molecule has 4 aliphatic carbocycles. The van der Waals surface area contributed by atoms with Crippen LogP contribution in [0.3, 0.4) is 0 Å². The van der Waals surface area contributed by atoms with Gasteiger partial charge in [-0.15, -0.1) is 0 Å². The first kappa shape index (κ1) is 40.6. The first-order chi connectivity index (χ1) is 23.6. The van der Waals surface area contributed by atoms with E-state index in [-0.39, 0.29) is 40.5 Å². The number of fused-ring (bicyclic) bond motifs is 5. The first-order valence-electron chi connectivity index (χ1n) is 21.7. The Bertz CT molecular complexity index is 1170. The van der Waals surface area contributed by atoms with Gasteiger partial charge in [0.1, 0.15) is 0 Å². The van der Waals surface area contributed by atoms with Crippen LogP contribution in [0, 0.1) is 46.3 Å². The summed E-state index contributed by atoms with van der Waals surface area (Å²) in [7, 11) is -1.47. The summed E-state index contributed by atoms with van der Waals surface area (Å²) in [6, 6.07) is 0. The molecule has 2 N–H and O–H groups in total. The fourth-order valence-corrected chi connectivity index (χ4v) is 15.1. The Kier molecular flexibility index (Phi) is 11.8. The van der Waals surface area contributed by atoms with Crippen molar-refractivity contribution in [2.24, 2.45) is 46.3 Å². The largest absolute Gasteiger partial charge is 0.333 e. The highest BCUT2D eigenvalue weighted by molar-refractivity contribution is 7.41. The maximum absolute atomic E-state index is 7.11. The van der Waals surface area contributed by atoms with E-state index in [1.807, 2.05) is 0 Å². The van der Waals surface area contributed by atoms with E-state index >= 15 is 0 Å². The molecule has 2 saturated heterocycles. The summed E-state index contributed by atoms with van der Waals surface area (Å²) < 4.78 is 21.1. The Morgan fingerprint density at radius 2 is 1.22 bits per heavy atom. The lowest BCUT2D eigenvalue weighted by Gasteiger charge is -2.58. The first-order valence-corrected chi connectivity index (χ1v) is 22.8. The van der Waals surface area contributed by atoms with Crippen molar-refractivity contribution < 1.29 is 13.6 Å². The van der Waals surface area contributed by atoms with E-state index in [9.17, 15) is 0 Å². The lowest BCUT2D eigenvalue weighted by Crippen LogP contribution is -2.59. The second kappa shape index (κ2) is 14.8. The Hall–Kier alpha value is -0.0300. The molecule has 6 rings (SSSR count). The molecule has 2 aliphatic heterocycles. The number of nitrogens with one attached hydrogen (secondary N) is 2. The van der Waals surface area contributed by atoms with Crippen molar-refractivity contribution in [3.63, 3.8) is 0 Å². The molecule has 5 fully saturated rings. The molecule has 8 atom stereocenters. The average Bonchev–Trinajstić information content (AvgIpc) is 3.31. The molecule has 5 nitrogen and oxygen atoms in total. The van der Waals surface area contributed by atoms with Crippen LogP contribution in [-0.2, 0) is 13.6 Å². The average molecular weight is 729 g/mol. The van der Waals surface area contributed by atoms with Gasteiger partial charge < -0.3 is 24.2 Å². The van der Waals surface area contributed by atoms with Crippen LogP contribution in [0.2, 0.25) is 0 Å². The zero-order chi connectivity index (χ0) is 37.2. The topological polar surface area (TPSA) is 51.8 Å². The highest BCUT2D eigenvalue weighted by Gasteiger charge is 2.59. The third kappa shape index (κ3) is 9.17. The molecule has 0 unspecified atom stereocenters. The van der Waals surface area contributed by atoms with Gasteiger partial charge in [-0.2, -0.15) is 0 Å². The Balaban J connectivity index is 1.14. The van der Waals surface area contributed by atoms with Crippen molar-refractivity contribution in [2.75, 3.05) is 0 Å². The van der Waals surface area contributed by atoms with Gasteiger partial charge in [0.2, 0.25) is 0 Å². The molecule has 0 radical (unpaired) electrons. The maximum atomic E-state index is 7.11. The van der Waals surface area contributed by atoms with Gasteiger partial charge in [0.25, 0.3) is 0 Å². The number of rotatable bonds is 11. The third-order valence-corrected chi connectivity index (χ3v) is 16.7.